The van der Waals surface area contributed by atoms with Crippen LogP contribution >= 0.6 is 0 Å². The topological polar surface area (TPSA) is 78.7 Å². The average Bonchev–Trinajstić information content (AvgIpc) is 3.18. The Balaban J connectivity index is 1.42. The van der Waals surface area contributed by atoms with Crippen molar-refractivity contribution in [1.82, 2.24) is 24.5 Å². The predicted octanol–water partition coefficient (Wildman–Crippen LogP) is 2.04. The lowest BCUT2D eigenvalue weighted by Gasteiger charge is -2.35. The second-order valence-electron chi connectivity index (χ2n) is 6.76. The zero-order valence-electron chi connectivity index (χ0n) is 15.6. The average molecular weight is 423 g/mol. The van der Waals surface area contributed by atoms with Crippen molar-refractivity contribution in [2.75, 3.05) is 42.9 Å². The van der Waals surface area contributed by atoms with Gasteiger partial charge in [0, 0.05) is 32.2 Å². The van der Waals surface area contributed by atoms with E-state index in [2.05, 4.69) is 20.4 Å². The third-order valence-corrected chi connectivity index (χ3v) is 4.73. The molecule has 158 valence electrons. The molecule has 0 unspecified atom stereocenters. The minimum absolute atomic E-state index is 0.0467. The molecule has 1 aliphatic heterocycles. The van der Waals surface area contributed by atoms with Crippen LogP contribution in [-0.4, -0.2) is 63.1 Å². The molecule has 1 N–H and O–H groups in total. The Morgan fingerprint density at radius 2 is 1.87 bits per heavy atom. The maximum atomic E-state index is 13.7. The first kappa shape index (κ1) is 20.0. The quantitative estimate of drug-likeness (QED) is 0.648. The zero-order chi connectivity index (χ0) is 21.3. The van der Waals surface area contributed by atoms with Gasteiger partial charge in [-0.3, -0.25) is 9.69 Å². The van der Waals surface area contributed by atoms with Crippen molar-refractivity contribution < 1.29 is 22.4 Å². The summed E-state index contributed by atoms with van der Waals surface area (Å²) >= 11 is 0. The molecule has 3 aromatic rings. The SMILES string of the molecule is O=C(CN1CCN(c2cc(C(F)(F)F)nc3ncnn23)CC1)Nc1ccccc1F. The summed E-state index contributed by atoms with van der Waals surface area (Å²) in [7, 11) is 0. The van der Waals surface area contributed by atoms with Crippen molar-refractivity contribution in [1.29, 1.82) is 0 Å². The molecular weight excluding hydrogens is 406 g/mol. The van der Waals surface area contributed by atoms with Gasteiger partial charge in [-0.1, -0.05) is 12.1 Å². The van der Waals surface area contributed by atoms with Crippen LogP contribution in [0.2, 0.25) is 0 Å². The minimum Gasteiger partial charge on any atom is -0.354 e. The van der Waals surface area contributed by atoms with Crippen LogP contribution in [0.25, 0.3) is 5.78 Å². The smallest absolute Gasteiger partial charge is 0.354 e. The van der Waals surface area contributed by atoms with Crippen LogP contribution in [-0.2, 0) is 11.0 Å². The number of fused-ring (bicyclic) bond motifs is 1. The number of benzene rings is 1. The third-order valence-electron chi connectivity index (χ3n) is 4.73. The molecule has 0 aliphatic carbocycles. The molecule has 1 fully saturated rings. The van der Waals surface area contributed by atoms with Gasteiger partial charge in [0.2, 0.25) is 5.91 Å². The van der Waals surface area contributed by atoms with Gasteiger partial charge in [0.1, 0.15) is 18.0 Å². The molecule has 1 aromatic carbocycles. The second-order valence-corrected chi connectivity index (χ2v) is 6.76. The van der Waals surface area contributed by atoms with Crippen LogP contribution in [0.1, 0.15) is 5.69 Å². The number of carbonyl (C=O) groups is 1. The molecule has 1 aliphatic rings. The molecule has 30 heavy (non-hydrogen) atoms. The number of halogens is 4. The lowest BCUT2D eigenvalue weighted by atomic mass is 10.2. The Morgan fingerprint density at radius 3 is 2.57 bits per heavy atom. The van der Waals surface area contributed by atoms with E-state index >= 15 is 0 Å². The largest absolute Gasteiger partial charge is 0.433 e. The van der Waals surface area contributed by atoms with Crippen LogP contribution < -0.4 is 10.2 Å². The molecule has 1 saturated heterocycles. The van der Waals surface area contributed by atoms with Crippen molar-refractivity contribution >= 4 is 23.2 Å². The summed E-state index contributed by atoms with van der Waals surface area (Å²) < 4.78 is 54.4. The van der Waals surface area contributed by atoms with Gasteiger partial charge in [0.05, 0.1) is 12.2 Å². The van der Waals surface area contributed by atoms with Crippen LogP contribution in [0, 0.1) is 5.82 Å². The van der Waals surface area contributed by atoms with Gasteiger partial charge in [-0.05, 0) is 12.1 Å². The number of hydrogen-bond acceptors (Lipinski definition) is 6. The first-order valence-electron chi connectivity index (χ1n) is 9.11. The number of para-hydroxylation sites is 1. The molecule has 8 nitrogen and oxygen atoms in total. The monoisotopic (exact) mass is 423 g/mol. The number of hydrogen-bond donors (Lipinski definition) is 1. The van der Waals surface area contributed by atoms with Crippen LogP contribution in [0.5, 0.6) is 0 Å². The maximum Gasteiger partial charge on any atom is 0.433 e. The van der Waals surface area contributed by atoms with Gasteiger partial charge in [0.15, 0.2) is 5.69 Å². The van der Waals surface area contributed by atoms with Gasteiger partial charge in [-0.25, -0.2) is 9.37 Å². The molecule has 4 rings (SSSR count). The summed E-state index contributed by atoms with van der Waals surface area (Å²) in [4.78, 5) is 23.1. The number of piperazine rings is 1. The van der Waals surface area contributed by atoms with Crippen LogP contribution in [0.15, 0.2) is 36.7 Å². The summed E-state index contributed by atoms with van der Waals surface area (Å²) in [6.07, 6.45) is -3.45. The Bertz CT molecular complexity index is 1060. The van der Waals surface area contributed by atoms with Crippen LogP contribution in [0.4, 0.5) is 29.1 Å². The summed E-state index contributed by atoms with van der Waals surface area (Å²) in [5, 5.41) is 6.48. The van der Waals surface area contributed by atoms with Gasteiger partial charge >= 0.3 is 6.18 Å². The highest BCUT2D eigenvalue weighted by atomic mass is 19.4. The van der Waals surface area contributed by atoms with Gasteiger partial charge in [0.25, 0.3) is 5.78 Å². The molecule has 0 bridgehead atoms. The Hall–Kier alpha value is -3.28. The number of rotatable bonds is 4. The second kappa shape index (κ2) is 7.86. The fourth-order valence-electron chi connectivity index (χ4n) is 3.26. The third kappa shape index (κ3) is 4.17. The van der Waals surface area contributed by atoms with E-state index in [9.17, 15) is 22.4 Å². The van der Waals surface area contributed by atoms with E-state index in [4.69, 9.17) is 0 Å². The van der Waals surface area contributed by atoms with Crippen molar-refractivity contribution in [3.8, 4) is 0 Å². The minimum atomic E-state index is -4.60. The van der Waals surface area contributed by atoms with E-state index < -0.39 is 17.7 Å². The number of nitrogens with one attached hydrogen (secondary N) is 1. The van der Waals surface area contributed by atoms with E-state index in [1.54, 1.807) is 11.0 Å². The maximum absolute atomic E-state index is 13.7. The van der Waals surface area contributed by atoms with E-state index in [1.165, 1.54) is 22.7 Å². The number of nitrogens with zero attached hydrogens (tertiary/aromatic N) is 6. The lowest BCUT2D eigenvalue weighted by Crippen LogP contribution is -2.49. The number of aromatic nitrogens is 4. The highest BCUT2D eigenvalue weighted by Crippen LogP contribution is 2.30. The summed E-state index contributed by atoms with van der Waals surface area (Å²) in [5.74, 6) is -0.784. The van der Waals surface area contributed by atoms with Crippen molar-refractivity contribution in [2.45, 2.75) is 6.18 Å². The highest BCUT2D eigenvalue weighted by Gasteiger charge is 2.35. The number of amides is 1. The molecule has 1 amide bonds. The van der Waals surface area contributed by atoms with Crippen LogP contribution in [0.3, 0.4) is 0 Å². The van der Waals surface area contributed by atoms with E-state index in [0.29, 0.717) is 26.2 Å². The number of carbonyl (C=O) groups excluding carboxylic acids is 1. The molecular formula is C18H17F4N7O. The number of anilines is 2. The van der Waals surface area contributed by atoms with Gasteiger partial charge < -0.3 is 10.2 Å². The van der Waals surface area contributed by atoms with Crippen molar-refractivity contribution in [3.05, 3.63) is 48.2 Å². The fourth-order valence-corrected chi connectivity index (χ4v) is 3.26. The van der Waals surface area contributed by atoms with E-state index in [1.807, 2.05) is 4.90 Å². The van der Waals surface area contributed by atoms with Crippen molar-refractivity contribution in [2.24, 2.45) is 0 Å². The van der Waals surface area contributed by atoms with Gasteiger partial charge in [-0.2, -0.15) is 27.8 Å². The first-order chi connectivity index (χ1) is 14.3. The summed E-state index contributed by atoms with van der Waals surface area (Å²) in [6.45, 7) is 1.67. The Kier molecular flexibility index (Phi) is 5.24. The molecule has 0 radical (unpaired) electrons. The lowest BCUT2D eigenvalue weighted by molar-refractivity contribution is -0.141. The van der Waals surface area contributed by atoms with Gasteiger partial charge in [-0.15, -0.1) is 0 Å². The summed E-state index contributed by atoms with van der Waals surface area (Å²) in [5.41, 5.74) is -0.934. The zero-order valence-corrected chi connectivity index (χ0v) is 15.6. The van der Waals surface area contributed by atoms with E-state index in [-0.39, 0.29) is 29.7 Å². The molecule has 0 saturated carbocycles. The standard InChI is InChI=1S/C18H17F4N7O/c19-12-3-1-2-4-13(12)25-15(30)10-27-5-7-28(8-6-27)16-9-14(18(20,21)22)26-17-23-11-24-29(16)17/h1-4,9,11H,5-8,10H2,(H,25,30). The molecule has 0 atom stereocenters. The van der Waals surface area contributed by atoms with Crippen molar-refractivity contribution in [3.63, 3.8) is 0 Å². The molecule has 12 heteroatoms. The highest BCUT2D eigenvalue weighted by molar-refractivity contribution is 5.92. The molecule has 0 spiro atoms. The predicted molar refractivity (Wildman–Crippen MR) is 99.5 cm³/mol. The molecule has 2 aromatic heterocycles. The Labute approximate surface area is 168 Å². The number of alkyl halides is 3. The fraction of sp³-hybridized carbons (Fsp3) is 0.333. The summed E-state index contributed by atoms with van der Waals surface area (Å²) in [6, 6.07) is 6.81. The normalized spacial score (nSPS) is 15.5. The molecule has 3 heterocycles. The van der Waals surface area contributed by atoms with E-state index in [0.717, 1.165) is 12.4 Å². The first-order valence-corrected chi connectivity index (χ1v) is 9.11. The Morgan fingerprint density at radius 1 is 1.13 bits per heavy atom.